The van der Waals surface area contributed by atoms with Gasteiger partial charge in [0.15, 0.2) is 5.65 Å². The molecule has 1 atom stereocenters. The number of aliphatic hydroxyl groups is 1. The van der Waals surface area contributed by atoms with E-state index in [2.05, 4.69) is 10.1 Å². The highest BCUT2D eigenvalue weighted by molar-refractivity contribution is 5.78. The zero-order valence-electron chi connectivity index (χ0n) is 18.0. The summed E-state index contributed by atoms with van der Waals surface area (Å²) in [5, 5.41) is 25.2. The molecule has 0 spiro atoms. The molecule has 9 nitrogen and oxygen atoms in total. The molecule has 1 saturated heterocycles. The number of aliphatic carboxylic acids is 1. The molecule has 1 amide bonds. The summed E-state index contributed by atoms with van der Waals surface area (Å²) in [6.45, 7) is 1.39. The Hall–Kier alpha value is -2.68. The zero-order chi connectivity index (χ0) is 22.1. The Morgan fingerprint density at radius 3 is 2.68 bits per heavy atom. The van der Waals surface area contributed by atoms with Crippen LogP contribution in [0.4, 0.5) is 5.82 Å². The van der Waals surface area contributed by atoms with Crippen LogP contribution in [0.1, 0.15) is 51.4 Å². The summed E-state index contributed by atoms with van der Waals surface area (Å²) in [4.78, 5) is 32.1. The lowest BCUT2D eigenvalue weighted by molar-refractivity contribution is -0.142. The average molecular weight is 430 g/mol. The molecule has 9 heteroatoms. The van der Waals surface area contributed by atoms with Crippen LogP contribution in [-0.2, 0) is 9.59 Å². The predicted molar refractivity (Wildman–Crippen MR) is 115 cm³/mol. The first-order chi connectivity index (χ1) is 14.8. The van der Waals surface area contributed by atoms with Crippen LogP contribution in [0, 0.1) is 5.41 Å². The third-order valence-electron chi connectivity index (χ3n) is 6.79. The van der Waals surface area contributed by atoms with E-state index in [0.717, 1.165) is 50.1 Å². The molecule has 1 aliphatic carbocycles. The lowest BCUT2D eigenvalue weighted by Crippen LogP contribution is -2.55. The molecule has 2 fully saturated rings. The number of amides is 1. The summed E-state index contributed by atoms with van der Waals surface area (Å²) in [7, 11) is 1.71. The van der Waals surface area contributed by atoms with Crippen molar-refractivity contribution in [3.8, 4) is 0 Å². The fourth-order valence-electron chi connectivity index (χ4n) is 5.26. The van der Waals surface area contributed by atoms with Gasteiger partial charge < -0.3 is 20.0 Å². The second-order valence-electron chi connectivity index (χ2n) is 9.38. The van der Waals surface area contributed by atoms with E-state index in [4.69, 9.17) is 0 Å². The first-order valence-corrected chi connectivity index (χ1v) is 11.0. The number of anilines is 1. The minimum absolute atomic E-state index is 0.0347. The van der Waals surface area contributed by atoms with Gasteiger partial charge in [-0.05, 0) is 43.2 Å². The second-order valence-corrected chi connectivity index (χ2v) is 9.38. The highest BCUT2D eigenvalue weighted by Crippen LogP contribution is 2.44. The van der Waals surface area contributed by atoms with Gasteiger partial charge >= 0.3 is 5.97 Å². The predicted octanol–water partition coefficient (Wildman–Crippen LogP) is 1.94. The van der Waals surface area contributed by atoms with Gasteiger partial charge in [-0.25, -0.2) is 9.50 Å². The van der Waals surface area contributed by atoms with Crippen molar-refractivity contribution in [2.75, 3.05) is 31.6 Å². The number of rotatable bonds is 7. The molecule has 0 radical (unpaired) electrons. The van der Waals surface area contributed by atoms with Crippen molar-refractivity contribution in [1.29, 1.82) is 0 Å². The van der Waals surface area contributed by atoms with E-state index in [0.29, 0.717) is 13.0 Å². The molecule has 168 valence electrons. The molecule has 3 heterocycles. The summed E-state index contributed by atoms with van der Waals surface area (Å²) >= 11 is 0. The number of nitrogens with zero attached hydrogens (tertiary/aromatic N) is 5. The quantitative estimate of drug-likeness (QED) is 0.692. The van der Waals surface area contributed by atoms with Crippen molar-refractivity contribution in [2.24, 2.45) is 5.41 Å². The summed E-state index contributed by atoms with van der Waals surface area (Å²) in [5.74, 6) is -0.170. The lowest BCUT2D eigenvalue weighted by Gasteiger charge is -2.42. The molecule has 1 aliphatic heterocycles. The monoisotopic (exact) mass is 429 g/mol. The Labute approximate surface area is 181 Å². The topological polar surface area (TPSA) is 111 Å². The van der Waals surface area contributed by atoms with Crippen LogP contribution < -0.4 is 4.90 Å². The fourth-order valence-corrected chi connectivity index (χ4v) is 5.26. The molecular weight excluding hydrogens is 398 g/mol. The number of piperidine rings is 1. The number of fused-ring (bicyclic) bond motifs is 1. The third kappa shape index (κ3) is 4.81. The van der Waals surface area contributed by atoms with Crippen LogP contribution in [0.25, 0.3) is 5.65 Å². The minimum atomic E-state index is -1.04. The van der Waals surface area contributed by atoms with Gasteiger partial charge in [-0.3, -0.25) is 9.59 Å². The SMILES string of the molecule is CN(C[C@@]1(O)CCCN(c2ccc3nccn3n2)C1)C(=O)CC1(CC(=O)O)CCCC1. The number of hydrogen-bond acceptors (Lipinski definition) is 6. The lowest BCUT2D eigenvalue weighted by atomic mass is 9.79. The molecule has 31 heavy (non-hydrogen) atoms. The van der Waals surface area contributed by atoms with E-state index in [-0.39, 0.29) is 25.3 Å². The van der Waals surface area contributed by atoms with Crippen molar-refractivity contribution in [2.45, 2.75) is 57.0 Å². The van der Waals surface area contributed by atoms with Crippen LogP contribution in [-0.4, -0.2) is 73.9 Å². The van der Waals surface area contributed by atoms with Gasteiger partial charge in [-0.15, -0.1) is 5.10 Å². The van der Waals surface area contributed by atoms with Crippen LogP contribution in [0.5, 0.6) is 0 Å². The first kappa shape index (κ1) is 21.5. The van der Waals surface area contributed by atoms with Gasteiger partial charge in [0, 0.05) is 39.0 Å². The van der Waals surface area contributed by atoms with E-state index < -0.39 is 17.0 Å². The zero-order valence-corrected chi connectivity index (χ0v) is 18.0. The Kier molecular flexibility index (Phi) is 5.88. The average Bonchev–Trinajstić information content (AvgIpc) is 3.36. The Bertz CT molecular complexity index is 954. The van der Waals surface area contributed by atoms with Crippen LogP contribution in [0.3, 0.4) is 0 Å². The van der Waals surface area contributed by atoms with Gasteiger partial charge in [0.2, 0.25) is 5.91 Å². The van der Waals surface area contributed by atoms with E-state index in [1.54, 1.807) is 28.9 Å². The van der Waals surface area contributed by atoms with E-state index in [1.165, 1.54) is 0 Å². The standard InChI is InChI=1S/C22H31N5O4/c1-25(19(28)13-21(14-20(29)30)7-2-3-8-21)15-22(31)9-4-11-26(16-22)18-6-5-17-23-10-12-27(17)24-18/h5-6,10,12,31H,2-4,7-9,11,13-16H2,1H3,(H,29,30)/t22-/m0/s1. The largest absolute Gasteiger partial charge is 0.481 e. The smallest absolute Gasteiger partial charge is 0.303 e. The van der Waals surface area contributed by atoms with Crippen molar-refractivity contribution in [1.82, 2.24) is 19.5 Å². The van der Waals surface area contributed by atoms with Gasteiger partial charge in [0.25, 0.3) is 0 Å². The van der Waals surface area contributed by atoms with Crippen LogP contribution in [0.15, 0.2) is 24.5 Å². The second kappa shape index (κ2) is 8.45. The number of carbonyl (C=O) groups is 2. The summed E-state index contributed by atoms with van der Waals surface area (Å²) in [5.41, 5.74) is -0.713. The Morgan fingerprint density at radius 2 is 1.94 bits per heavy atom. The molecule has 2 aromatic rings. The number of hydrogen-bond donors (Lipinski definition) is 2. The number of carboxylic acids is 1. The molecule has 2 N–H and O–H groups in total. The van der Waals surface area contributed by atoms with Gasteiger partial charge in [-0.1, -0.05) is 12.8 Å². The Balaban J connectivity index is 1.41. The van der Waals surface area contributed by atoms with E-state index >= 15 is 0 Å². The number of imidazole rings is 1. The molecular formula is C22H31N5O4. The maximum Gasteiger partial charge on any atom is 0.303 e. The third-order valence-corrected chi connectivity index (χ3v) is 6.79. The van der Waals surface area contributed by atoms with Crippen molar-refractivity contribution >= 4 is 23.3 Å². The number of carbonyl (C=O) groups excluding carboxylic acids is 1. The summed E-state index contributed by atoms with van der Waals surface area (Å²) in [6.07, 6.45) is 8.65. The highest BCUT2D eigenvalue weighted by Gasteiger charge is 2.41. The van der Waals surface area contributed by atoms with Gasteiger partial charge in [-0.2, -0.15) is 0 Å². The maximum absolute atomic E-state index is 13.0. The van der Waals surface area contributed by atoms with Gasteiger partial charge in [0.05, 0.1) is 18.6 Å². The van der Waals surface area contributed by atoms with Crippen molar-refractivity contribution in [3.05, 3.63) is 24.5 Å². The highest BCUT2D eigenvalue weighted by atomic mass is 16.4. The fraction of sp³-hybridized carbons (Fsp3) is 0.636. The number of β-amino-alcohol motifs (C(OH)–C–C–N with tert-alkyl or cyclic N) is 1. The molecule has 2 aliphatic rings. The minimum Gasteiger partial charge on any atom is -0.481 e. The van der Waals surface area contributed by atoms with E-state index in [9.17, 15) is 19.8 Å². The number of aromatic nitrogens is 3. The summed E-state index contributed by atoms with van der Waals surface area (Å²) < 4.78 is 1.71. The summed E-state index contributed by atoms with van der Waals surface area (Å²) in [6, 6.07) is 3.80. The molecule has 2 aromatic heterocycles. The van der Waals surface area contributed by atoms with Crippen LogP contribution >= 0.6 is 0 Å². The van der Waals surface area contributed by atoms with Crippen molar-refractivity contribution in [3.63, 3.8) is 0 Å². The molecule has 4 rings (SSSR count). The molecule has 0 aromatic carbocycles. The molecule has 0 unspecified atom stereocenters. The number of likely N-dealkylation sites (N-methyl/N-ethyl adjacent to an activating group) is 1. The van der Waals surface area contributed by atoms with Crippen LogP contribution in [0.2, 0.25) is 0 Å². The molecule has 0 bridgehead atoms. The van der Waals surface area contributed by atoms with Crippen molar-refractivity contribution < 1.29 is 19.8 Å². The normalized spacial score (nSPS) is 23.2. The Morgan fingerprint density at radius 1 is 1.16 bits per heavy atom. The number of carboxylic acid groups (broad SMARTS) is 1. The maximum atomic E-state index is 13.0. The van der Waals surface area contributed by atoms with E-state index in [1.807, 2.05) is 17.0 Å². The van der Waals surface area contributed by atoms with Gasteiger partial charge in [0.1, 0.15) is 5.82 Å². The first-order valence-electron chi connectivity index (χ1n) is 11.0. The molecule has 1 saturated carbocycles.